The maximum atomic E-state index is 11.9. The number of aromatic nitrogens is 2. The number of hydrogen-bond acceptors (Lipinski definition) is 4. The zero-order valence-electron chi connectivity index (χ0n) is 8.92. The average molecular weight is 209 g/mol. The van der Waals surface area contributed by atoms with Crippen LogP contribution in [0.25, 0.3) is 0 Å². The van der Waals surface area contributed by atoms with Crippen LogP contribution in [0.3, 0.4) is 0 Å². The first-order valence-corrected chi connectivity index (χ1v) is 4.83. The van der Waals surface area contributed by atoms with Crippen molar-refractivity contribution in [3.05, 3.63) is 24.3 Å². The van der Waals surface area contributed by atoms with Crippen LogP contribution in [0, 0.1) is 0 Å². The third-order valence-electron chi connectivity index (χ3n) is 2.03. The molecule has 0 aliphatic carbocycles. The summed E-state index contributed by atoms with van der Waals surface area (Å²) in [5.41, 5.74) is 0.444. The summed E-state index contributed by atoms with van der Waals surface area (Å²) < 4.78 is 0. The van der Waals surface area contributed by atoms with E-state index in [4.69, 9.17) is 5.11 Å². The minimum absolute atomic E-state index is 0.0440. The molecule has 1 aromatic heterocycles. The maximum Gasteiger partial charge on any atom is 0.257 e. The second-order valence-electron chi connectivity index (χ2n) is 3.44. The molecule has 1 heterocycles. The van der Waals surface area contributed by atoms with Crippen molar-refractivity contribution in [1.82, 2.24) is 14.9 Å². The summed E-state index contributed by atoms with van der Waals surface area (Å²) in [5.74, 6) is -0.153. The Morgan fingerprint density at radius 3 is 2.53 bits per heavy atom. The second-order valence-corrected chi connectivity index (χ2v) is 3.44. The largest absolute Gasteiger partial charge is 0.395 e. The molecule has 1 amide bonds. The van der Waals surface area contributed by atoms with Crippen molar-refractivity contribution in [1.29, 1.82) is 0 Å². The number of rotatable bonds is 4. The summed E-state index contributed by atoms with van der Waals surface area (Å²) in [5, 5.41) is 8.86. The van der Waals surface area contributed by atoms with Gasteiger partial charge in [0.15, 0.2) is 0 Å². The molecule has 5 nitrogen and oxygen atoms in total. The molecular weight excluding hydrogens is 194 g/mol. The molecule has 0 unspecified atom stereocenters. The van der Waals surface area contributed by atoms with E-state index >= 15 is 0 Å². The molecule has 0 fully saturated rings. The molecule has 0 aliphatic heterocycles. The summed E-state index contributed by atoms with van der Waals surface area (Å²) in [6.07, 6.45) is 4.33. The highest BCUT2D eigenvalue weighted by molar-refractivity contribution is 5.93. The summed E-state index contributed by atoms with van der Waals surface area (Å²) in [4.78, 5) is 21.1. The van der Waals surface area contributed by atoms with Gasteiger partial charge >= 0.3 is 0 Å². The Bertz CT molecular complexity index is 314. The van der Waals surface area contributed by atoms with E-state index in [1.54, 1.807) is 4.90 Å². The van der Waals surface area contributed by atoms with Crippen molar-refractivity contribution in [2.75, 3.05) is 13.2 Å². The van der Waals surface area contributed by atoms with E-state index < -0.39 is 0 Å². The fraction of sp³-hybridized carbons (Fsp3) is 0.500. The number of nitrogens with zero attached hydrogens (tertiary/aromatic N) is 3. The summed E-state index contributed by atoms with van der Waals surface area (Å²) in [6, 6.07) is 0.0462. The fourth-order valence-electron chi connectivity index (χ4n) is 1.28. The quantitative estimate of drug-likeness (QED) is 0.775. The summed E-state index contributed by atoms with van der Waals surface area (Å²) >= 11 is 0. The van der Waals surface area contributed by atoms with Crippen molar-refractivity contribution < 1.29 is 9.90 Å². The SMILES string of the molecule is CC(C)N(CCO)C(=O)c1cncnc1. The van der Waals surface area contributed by atoms with E-state index in [-0.39, 0.29) is 18.6 Å². The smallest absolute Gasteiger partial charge is 0.257 e. The Labute approximate surface area is 88.8 Å². The minimum Gasteiger partial charge on any atom is -0.395 e. The lowest BCUT2D eigenvalue weighted by Crippen LogP contribution is -2.39. The summed E-state index contributed by atoms with van der Waals surface area (Å²) in [6.45, 7) is 4.08. The van der Waals surface area contributed by atoms with Gasteiger partial charge in [-0.2, -0.15) is 0 Å². The first kappa shape index (κ1) is 11.6. The van der Waals surface area contributed by atoms with Crippen LogP contribution in [-0.2, 0) is 0 Å². The molecule has 15 heavy (non-hydrogen) atoms. The van der Waals surface area contributed by atoms with Crippen LogP contribution in [-0.4, -0.2) is 45.1 Å². The van der Waals surface area contributed by atoms with E-state index in [0.717, 1.165) is 0 Å². The van der Waals surface area contributed by atoms with Crippen LogP contribution < -0.4 is 0 Å². The number of carbonyl (C=O) groups is 1. The van der Waals surface area contributed by atoms with Crippen molar-refractivity contribution in [3.63, 3.8) is 0 Å². The lowest BCUT2D eigenvalue weighted by atomic mass is 10.2. The van der Waals surface area contributed by atoms with E-state index in [1.807, 2.05) is 13.8 Å². The van der Waals surface area contributed by atoms with Gasteiger partial charge in [-0.25, -0.2) is 9.97 Å². The normalized spacial score (nSPS) is 10.4. The van der Waals surface area contributed by atoms with Gasteiger partial charge in [-0.05, 0) is 13.8 Å². The van der Waals surface area contributed by atoms with Crippen LogP contribution in [0.2, 0.25) is 0 Å². The number of amides is 1. The van der Waals surface area contributed by atoms with Crippen molar-refractivity contribution >= 4 is 5.91 Å². The topological polar surface area (TPSA) is 66.3 Å². The molecular formula is C10H15N3O2. The molecule has 0 atom stereocenters. The average Bonchev–Trinajstić information content (AvgIpc) is 2.26. The molecule has 82 valence electrons. The van der Waals surface area contributed by atoms with E-state index in [1.165, 1.54) is 18.7 Å². The van der Waals surface area contributed by atoms with Gasteiger partial charge in [0, 0.05) is 25.0 Å². The first-order chi connectivity index (χ1) is 7.16. The number of aliphatic hydroxyl groups is 1. The minimum atomic E-state index is -0.153. The Balaban J connectivity index is 2.81. The summed E-state index contributed by atoms with van der Waals surface area (Å²) in [7, 11) is 0. The van der Waals surface area contributed by atoms with Gasteiger partial charge in [0.25, 0.3) is 5.91 Å². The molecule has 0 radical (unpaired) electrons. The molecule has 0 aromatic carbocycles. The monoisotopic (exact) mass is 209 g/mol. The molecule has 0 saturated heterocycles. The third kappa shape index (κ3) is 2.99. The standard InChI is InChI=1S/C10H15N3O2/c1-8(2)13(3-4-14)10(15)9-5-11-7-12-6-9/h5-8,14H,3-4H2,1-2H3. The highest BCUT2D eigenvalue weighted by Crippen LogP contribution is 2.05. The van der Waals surface area contributed by atoms with Crippen LogP contribution in [0.15, 0.2) is 18.7 Å². The highest BCUT2D eigenvalue weighted by atomic mass is 16.3. The van der Waals surface area contributed by atoms with Gasteiger partial charge in [0.1, 0.15) is 6.33 Å². The van der Waals surface area contributed by atoms with Gasteiger partial charge in [-0.15, -0.1) is 0 Å². The van der Waals surface area contributed by atoms with Gasteiger partial charge < -0.3 is 10.0 Å². The van der Waals surface area contributed by atoms with E-state index in [2.05, 4.69) is 9.97 Å². The molecule has 0 aliphatic rings. The molecule has 0 bridgehead atoms. The first-order valence-electron chi connectivity index (χ1n) is 4.83. The van der Waals surface area contributed by atoms with E-state index in [9.17, 15) is 4.79 Å². The van der Waals surface area contributed by atoms with Crippen LogP contribution in [0.1, 0.15) is 24.2 Å². The molecule has 0 spiro atoms. The van der Waals surface area contributed by atoms with Crippen molar-refractivity contribution in [2.45, 2.75) is 19.9 Å². The molecule has 1 rings (SSSR count). The van der Waals surface area contributed by atoms with Crippen LogP contribution in [0.5, 0.6) is 0 Å². The van der Waals surface area contributed by atoms with Gasteiger partial charge in [-0.1, -0.05) is 0 Å². The molecule has 1 N–H and O–H groups in total. The Kier molecular flexibility index (Phi) is 4.17. The third-order valence-corrected chi connectivity index (χ3v) is 2.03. The second kappa shape index (κ2) is 5.41. The Morgan fingerprint density at radius 2 is 2.07 bits per heavy atom. The van der Waals surface area contributed by atoms with E-state index in [0.29, 0.717) is 12.1 Å². The number of carbonyl (C=O) groups excluding carboxylic acids is 1. The Morgan fingerprint density at radius 1 is 1.47 bits per heavy atom. The molecule has 5 heteroatoms. The molecule has 1 aromatic rings. The van der Waals surface area contributed by atoms with Crippen LogP contribution in [0.4, 0.5) is 0 Å². The van der Waals surface area contributed by atoms with Gasteiger partial charge in [0.05, 0.1) is 12.2 Å². The highest BCUT2D eigenvalue weighted by Gasteiger charge is 2.18. The van der Waals surface area contributed by atoms with Gasteiger partial charge in [-0.3, -0.25) is 4.79 Å². The lowest BCUT2D eigenvalue weighted by Gasteiger charge is -2.25. The molecule has 0 saturated carbocycles. The lowest BCUT2D eigenvalue weighted by molar-refractivity contribution is 0.0664. The maximum absolute atomic E-state index is 11.9. The predicted molar refractivity (Wildman–Crippen MR) is 55.3 cm³/mol. The van der Waals surface area contributed by atoms with Crippen LogP contribution >= 0.6 is 0 Å². The fourth-order valence-corrected chi connectivity index (χ4v) is 1.28. The number of aliphatic hydroxyl groups excluding tert-OH is 1. The van der Waals surface area contributed by atoms with Crippen molar-refractivity contribution in [3.8, 4) is 0 Å². The zero-order chi connectivity index (χ0) is 11.3. The Hall–Kier alpha value is -1.49. The number of hydrogen-bond donors (Lipinski definition) is 1. The zero-order valence-corrected chi connectivity index (χ0v) is 8.92. The predicted octanol–water partition coefficient (Wildman–Crippen LogP) is 0.319. The van der Waals surface area contributed by atoms with Gasteiger partial charge in [0.2, 0.25) is 0 Å². The van der Waals surface area contributed by atoms with Crippen molar-refractivity contribution in [2.24, 2.45) is 0 Å².